The van der Waals surface area contributed by atoms with Crippen LogP contribution in [0.15, 0.2) is 18.2 Å². The molecule has 0 unspecified atom stereocenters. The first kappa shape index (κ1) is 14.3. The molecule has 0 aliphatic carbocycles. The molecule has 0 fully saturated rings. The van der Waals surface area contributed by atoms with Gasteiger partial charge in [0.2, 0.25) is 0 Å². The van der Waals surface area contributed by atoms with Gasteiger partial charge in [-0.3, -0.25) is 4.79 Å². The number of alkyl halides is 5. The van der Waals surface area contributed by atoms with Gasteiger partial charge in [-0.1, -0.05) is 0 Å². The van der Waals surface area contributed by atoms with Gasteiger partial charge in [-0.2, -0.15) is 13.2 Å². The summed E-state index contributed by atoms with van der Waals surface area (Å²) < 4.78 is 76.0. The normalized spacial score (nSPS) is 12.6. The largest absolute Gasteiger partial charge is 0.481 e. The first-order chi connectivity index (χ1) is 8.04. The van der Waals surface area contributed by atoms with E-state index in [9.17, 15) is 31.1 Å². The van der Waals surface area contributed by atoms with E-state index in [2.05, 4.69) is 0 Å². The zero-order chi connectivity index (χ0) is 14.1. The average molecular weight is 272 g/mol. The minimum absolute atomic E-state index is 0.0922. The van der Waals surface area contributed by atoms with Gasteiger partial charge in [0.05, 0.1) is 11.1 Å². The molecule has 0 amide bonds. The van der Waals surface area contributed by atoms with Crippen LogP contribution >= 0.6 is 0 Å². The number of hydrogen-bond acceptors (Lipinski definition) is 1. The maximum atomic E-state index is 13.2. The first-order valence-electron chi connectivity index (χ1n) is 4.51. The smallest absolute Gasteiger partial charge is 0.416 e. The molecule has 0 radical (unpaired) electrons. The second-order valence-corrected chi connectivity index (χ2v) is 3.47. The van der Waals surface area contributed by atoms with Crippen molar-refractivity contribution in [3.05, 3.63) is 35.1 Å². The van der Waals surface area contributed by atoms with Crippen molar-refractivity contribution >= 4 is 5.97 Å². The van der Waals surface area contributed by atoms with Gasteiger partial charge in [0.15, 0.2) is 0 Å². The highest BCUT2D eigenvalue weighted by molar-refractivity contribution is 5.68. The standard InChI is InChI=1S/C10H6F6O2/c11-7-3-5(10(14,15)16)1-2-6(7)9(12,13)4-8(17)18/h1-3H,4H2,(H,17,18). The maximum Gasteiger partial charge on any atom is 0.416 e. The predicted octanol–water partition coefficient (Wildman–Crippen LogP) is 3.41. The van der Waals surface area contributed by atoms with E-state index in [4.69, 9.17) is 5.11 Å². The highest BCUT2D eigenvalue weighted by Gasteiger charge is 2.39. The van der Waals surface area contributed by atoms with Crippen LogP contribution in [0.25, 0.3) is 0 Å². The molecule has 0 bridgehead atoms. The molecule has 0 saturated carbocycles. The van der Waals surface area contributed by atoms with Crippen molar-refractivity contribution in [2.45, 2.75) is 18.5 Å². The number of halogens is 6. The number of benzene rings is 1. The Hall–Kier alpha value is -1.73. The van der Waals surface area contributed by atoms with Crippen LogP contribution in [0.3, 0.4) is 0 Å². The molecule has 18 heavy (non-hydrogen) atoms. The Balaban J connectivity index is 3.17. The van der Waals surface area contributed by atoms with Crippen molar-refractivity contribution in [3.63, 3.8) is 0 Å². The van der Waals surface area contributed by atoms with E-state index in [0.29, 0.717) is 0 Å². The van der Waals surface area contributed by atoms with Crippen LogP contribution in [0.2, 0.25) is 0 Å². The minimum Gasteiger partial charge on any atom is -0.481 e. The van der Waals surface area contributed by atoms with Crippen LogP contribution < -0.4 is 0 Å². The highest BCUT2D eigenvalue weighted by atomic mass is 19.4. The van der Waals surface area contributed by atoms with Gasteiger partial charge in [-0.25, -0.2) is 13.2 Å². The monoisotopic (exact) mass is 272 g/mol. The van der Waals surface area contributed by atoms with Crippen molar-refractivity contribution in [2.75, 3.05) is 0 Å². The second-order valence-electron chi connectivity index (χ2n) is 3.47. The molecule has 0 saturated heterocycles. The fourth-order valence-electron chi connectivity index (χ4n) is 1.27. The van der Waals surface area contributed by atoms with Crippen LogP contribution in [0.1, 0.15) is 17.5 Å². The first-order valence-corrected chi connectivity index (χ1v) is 4.51. The molecule has 0 aliphatic rings. The summed E-state index contributed by atoms with van der Waals surface area (Å²) in [4.78, 5) is 10.1. The lowest BCUT2D eigenvalue weighted by Gasteiger charge is -2.16. The Morgan fingerprint density at radius 1 is 1.17 bits per heavy atom. The molecular weight excluding hydrogens is 266 g/mol. The summed E-state index contributed by atoms with van der Waals surface area (Å²) in [7, 11) is 0. The Bertz CT molecular complexity index is 466. The molecule has 0 heterocycles. The summed E-state index contributed by atoms with van der Waals surface area (Å²) in [6.07, 6.45) is -6.56. The van der Waals surface area contributed by atoms with E-state index in [-0.39, 0.29) is 18.2 Å². The number of rotatable bonds is 3. The minimum atomic E-state index is -4.86. The quantitative estimate of drug-likeness (QED) is 0.856. The van der Waals surface area contributed by atoms with Crippen molar-refractivity contribution in [1.82, 2.24) is 0 Å². The molecule has 0 aliphatic heterocycles. The molecule has 1 aromatic carbocycles. The van der Waals surface area contributed by atoms with Crippen LogP contribution in [0, 0.1) is 5.82 Å². The SMILES string of the molecule is O=C(O)CC(F)(F)c1ccc(C(F)(F)F)cc1F. The highest BCUT2D eigenvalue weighted by Crippen LogP contribution is 2.36. The van der Waals surface area contributed by atoms with Crippen LogP contribution in [0.4, 0.5) is 26.3 Å². The third-order valence-corrected chi connectivity index (χ3v) is 2.06. The van der Waals surface area contributed by atoms with Gasteiger partial charge >= 0.3 is 12.1 Å². The van der Waals surface area contributed by atoms with Gasteiger partial charge in [-0.15, -0.1) is 0 Å². The van der Waals surface area contributed by atoms with Crippen molar-refractivity contribution < 1.29 is 36.2 Å². The van der Waals surface area contributed by atoms with E-state index in [1.807, 2.05) is 0 Å². The lowest BCUT2D eigenvalue weighted by Crippen LogP contribution is -2.20. The number of carboxylic acids is 1. The number of carboxylic acid groups (broad SMARTS) is 1. The van der Waals surface area contributed by atoms with E-state index in [1.165, 1.54) is 0 Å². The molecule has 100 valence electrons. The summed E-state index contributed by atoms with van der Waals surface area (Å²) in [6, 6.07) is 0.417. The Labute approximate surface area is 96.8 Å². The van der Waals surface area contributed by atoms with E-state index in [0.717, 1.165) is 0 Å². The third-order valence-electron chi connectivity index (χ3n) is 2.06. The molecule has 2 nitrogen and oxygen atoms in total. The van der Waals surface area contributed by atoms with Gasteiger partial charge < -0.3 is 5.11 Å². The van der Waals surface area contributed by atoms with Crippen molar-refractivity contribution in [3.8, 4) is 0 Å². The van der Waals surface area contributed by atoms with Crippen molar-refractivity contribution in [2.24, 2.45) is 0 Å². The molecule has 1 rings (SSSR count). The summed E-state index contributed by atoms with van der Waals surface area (Å²) in [5.41, 5.74) is -2.80. The van der Waals surface area contributed by atoms with E-state index < -0.39 is 41.4 Å². The maximum absolute atomic E-state index is 13.2. The Kier molecular flexibility index (Phi) is 3.59. The summed E-state index contributed by atoms with van der Waals surface area (Å²) in [6.45, 7) is 0. The Morgan fingerprint density at radius 3 is 2.11 bits per heavy atom. The lowest BCUT2D eigenvalue weighted by atomic mass is 10.0. The lowest BCUT2D eigenvalue weighted by molar-refractivity contribution is -0.146. The molecule has 8 heteroatoms. The number of aliphatic carboxylic acids is 1. The van der Waals surface area contributed by atoms with Crippen LogP contribution in [-0.4, -0.2) is 11.1 Å². The van der Waals surface area contributed by atoms with Crippen LogP contribution in [0.5, 0.6) is 0 Å². The number of carbonyl (C=O) groups is 1. The van der Waals surface area contributed by atoms with Gasteiger partial charge in [0, 0.05) is 0 Å². The van der Waals surface area contributed by atoms with Gasteiger partial charge in [0.1, 0.15) is 12.2 Å². The topological polar surface area (TPSA) is 37.3 Å². The summed E-state index contributed by atoms with van der Waals surface area (Å²) in [5, 5.41) is 8.20. The summed E-state index contributed by atoms with van der Waals surface area (Å²) >= 11 is 0. The zero-order valence-electron chi connectivity index (χ0n) is 8.56. The molecule has 0 atom stereocenters. The van der Waals surface area contributed by atoms with Crippen LogP contribution in [-0.2, 0) is 16.9 Å². The molecular formula is C10H6F6O2. The van der Waals surface area contributed by atoms with Gasteiger partial charge in [-0.05, 0) is 18.2 Å². The van der Waals surface area contributed by atoms with E-state index >= 15 is 0 Å². The molecule has 0 aromatic heterocycles. The predicted molar refractivity (Wildman–Crippen MR) is 47.5 cm³/mol. The fraction of sp³-hybridized carbons (Fsp3) is 0.300. The van der Waals surface area contributed by atoms with E-state index in [1.54, 1.807) is 0 Å². The van der Waals surface area contributed by atoms with Gasteiger partial charge in [0.25, 0.3) is 5.92 Å². The fourth-order valence-corrected chi connectivity index (χ4v) is 1.27. The molecule has 0 spiro atoms. The summed E-state index contributed by atoms with van der Waals surface area (Å²) in [5.74, 6) is -7.75. The Morgan fingerprint density at radius 2 is 1.72 bits per heavy atom. The third kappa shape index (κ3) is 3.14. The zero-order valence-corrected chi connectivity index (χ0v) is 8.56. The molecule has 1 N–H and O–H groups in total. The van der Waals surface area contributed by atoms with Crippen molar-refractivity contribution in [1.29, 1.82) is 0 Å². The number of hydrogen-bond donors (Lipinski definition) is 1. The molecule has 1 aromatic rings. The second kappa shape index (κ2) is 4.51. The average Bonchev–Trinajstić information content (AvgIpc) is 2.13.